The highest BCUT2D eigenvalue weighted by atomic mass is 19.1. The van der Waals surface area contributed by atoms with Gasteiger partial charge >= 0.3 is 0 Å². The number of aromatic nitrogens is 4. The van der Waals surface area contributed by atoms with Crippen LogP contribution < -0.4 is 9.47 Å². The zero-order valence-electron chi connectivity index (χ0n) is 18.2. The summed E-state index contributed by atoms with van der Waals surface area (Å²) in [6.07, 6.45) is 3.64. The van der Waals surface area contributed by atoms with Crippen LogP contribution in [0.5, 0.6) is 17.2 Å². The predicted molar refractivity (Wildman–Crippen MR) is 121 cm³/mol. The number of halogens is 1. The normalized spacial score (nSPS) is 17.1. The third kappa shape index (κ3) is 3.95. The van der Waals surface area contributed by atoms with E-state index in [0.717, 1.165) is 16.9 Å². The minimum atomic E-state index is -0.319. The molecule has 1 unspecified atom stereocenters. The third-order valence-corrected chi connectivity index (χ3v) is 6.30. The molecule has 3 aromatic carbocycles. The molecule has 33 heavy (non-hydrogen) atoms. The van der Waals surface area contributed by atoms with Gasteiger partial charge < -0.3 is 9.47 Å². The zero-order chi connectivity index (χ0) is 22.4. The molecule has 0 radical (unpaired) electrons. The molecule has 0 N–H and O–H groups in total. The SMILES string of the molecule is Cn1nnc(-c2ccc(Oc3ccc(F)c4c3CCC4Oc3ccc(C4CC4)cc3)cc2)n1. The topological polar surface area (TPSA) is 62.1 Å². The molecule has 2 aliphatic rings. The number of hydrogen-bond donors (Lipinski definition) is 0. The summed E-state index contributed by atoms with van der Waals surface area (Å²) in [6, 6.07) is 18.9. The molecule has 6 rings (SSSR count). The Bertz CT molecular complexity index is 1300. The molecular weight excluding hydrogens is 419 g/mol. The highest BCUT2D eigenvalue weighted by Crippen LogP contribution is 2.44. The van der Waals surface area contributed by atoms with E-state index >= 15 is 0 Å². The van der Waals surface area contributed by atoms with Gasteiger partial charge in [0.1, 0.15) is 29.2 Å². The average Bonchev–Trinajstić information content (AvgIpc) is 3.45. The molecule has 2 aliphatic carbocycles. The van der Waals surface area contributed by atoms with Gasteiger partial charge in [0.2, 0.25) is 5.82 Å². The van der Waals surface area contributed by atoms with E-state index in [2.05, 4.69) is 27.5 Å². The van der Waals surface area contributed by atoms with Gasteiger partial charge in [0, 0.05) is 16.7 Å². The summed E-state index contributed by atoms with van der Waals surface area (Å²) in [5, 5.41) is 12.1. The van der Waals surface area contributed by atoms with E-state index in [-0.39, 0.29) is 11.9 Å². The Morgan fingerprint density at radius 2 is 1.67 bits per heavy atom. The van der Waals surface area contributed by atoms with Crippen molar-refractivity contribution in [2.45, 2.75) is 37.7 Å². The first kappa shape index (κ1) is 19.9. The molecule has 166 valence electrons. The maximum Gasteiger partial charge on any atom is 0.204 e. The number of benzene rings is 3. The van der Waals surface area contributed by atoms with Crippen molar-refractivity contribution >= 4 is 0 Å². The molecule has 0 amide bonds. The molecule has 1 aromatic heterocycles. The highest BCUT2D eigenvalue weighted by Gasteiger charge is 2.31. The molecule has 0 spiro atoms. The molecule has 0 saturated heterocycles. The van der Waals surface area contributed by atoms with Crippen molar-refractivity contribution < 1.29 is 13.9 Å². The van der Waals surface area contributed by atoms with Crippen molar-refractivity contribution in [1.82, 2.24) is 20.2 Å². The second-order valence-corrected chi connectivity index (χ2v) is 8.66. The van der Waals surface area contributed by atoms with Crippen LogP contribution in [0.3, 0.4) is 0 Å². The second kappa shape index (κ2) is 7.99. The van der Waals surface area contributed by atoms with Crippen LogP contribution in [0.15, 0.2) is 60.7 Å². The molecule has 0 bridgehead atoms. The molecule has 1 fully saturated rings. The van der Waals surface area contributed by atoms with Crippen molar-refractivity contribution in [3.63, 3.8) is 0 Å². The lowest BCUT2D eigenvalue weighted by molar-refractivity contribution is 0.203. The smallest absolute Gasteiger partial charge is 0.204 e. The van der Waals surface area contributed by atoms with Gasteiger partial charge in [0.05, 0.1) is 7.05 Å². The zero-order valence-corrected chi connectivity index (χ0v) is 18.2. The molecule has 1 saturated carbocycles. The molecule has 7 heteroatoms. The van der Waals surface area contributed by atoms with Crippen molar-refractivity contribution in [1.29, 1.82) is 0 Å². The van der Waals surface area contributed by atoms with Gasteiger partial charge in [-0.2, -0.15) is 4.80 Å². The molecular formula is C26H23FN4O2. The fourth-order valence-corrected chi connectivity index (χ4v) is 4.45. The first-order valence-electron chi connectivity index (χ1n) is 11.2. The summed E-state index contributed by atoms with van der Waals surface area (Å²) < 4.78 is 27.2. The van der Waals surface area contributed by atoms with E-state index in [4.69, 9.17) is 9.47 Å². The number of rotatable bonds is 6. The fourth-order valence-electron chi connectivity index (χ4n) is 4.45. The largest absolute Gasteiger partial charge is 0.486 e. The minimum absolute atomic E-state index is 0.251. The van der Waals surface area contributed by atoms with Crippen LogP contribution in [0.1, 0.15) is 48.0 Å². The predicted octanol–water partition coefficient (Wildman–Crippen LogP) is 5.75. The molecule has 1 atom stereocenters. The van der Waals surface area contributed by atoms with E-state index in [1.54, 1.807) is 13.1 Å². The maximum absolute atomic E-state index is 14.8. The van der Waals surface area contributed by atoms with E-state index in [9.17, 15) is 4.39 Å². The van der Waals surface area contributed by atoms with E-state index in [1.165, 1.54) is 29.3 Å². The molecule has 0 aliphatic heterocycles. The first-order chi connectivity index (χ1) is 16.1. The van der Waals surface area contributed by atoms with Gasteiger partial charge in [-0.15, -0.1) is 10.2 Å². The lowest BCUT2D eigenvalue weighted by atomic mass is 10.1. The number of hydrogen-bond acceptors (Lipinski definition) is 5. The summed E-state index contributed by atoms with van der Waals surface area (Å²) in [6.45, 7) is 0. The van der Waals surface area contributed by atoms with Gasteiger partial charge in [0.15, 0.2) is 0 Å². The number of aryl methyl sites for hydroxylation is 1. The van der Waals surface area contributed by atoms with Crippen molar-refractivity contribution in [3.8, 4) is 28.6 Å². The Morgan fingerprint density at radius 1 is 0.909 bits per heavy atom. The van der Waals surface area contributed by atoms with Gasteiger partial charge in [-0.1, -0.05) is 12.1 Å². The monoisotopic (exact) mass is 442 g/mol. The van der Waals surface area contributed by atoms with E-state index in [1.807, 2.05) is 36.4 Å². The van der Waals surface area contributed by atoms with Gasteiger partial charge in [-0.3, -0.25) is 0 Å². The molecule has 1 heterocycles. The van der Waals surface area contributed by atoms with Crippen molar-refractivity contribution in [2.24, 2.45) is 7.05 Å². The van der Waals surface area contributed by atoms with Gasteiger partial charge in [0.25, 0.3) is 0 Å². The Kier molecular flexibility index (Phi) is 4.82. The van der Waals surface area contributed by atoms with Crippen LogP contribution >= 0.6 is 0 Å². The number of nitrogens with zero attached hydrogens (tertiary/aromatic N) is 4. The summed E-state index contributed by atoms with van der Waals surface area (Å²) in [4.78, 5) is 1.42. The van der Waals surface area contributed by atoms with Crippen LogP contribution in [0.2, 0.25) is 0 Å². The number of fused-ring (bicyclic) bond motifs is 1. The van der Waals surface area contributed by atoms with Crippen LogP contribution in [0.25, 0.3) is 11.4 Å². The maximum atomic E-state index is 14.8. The van der Waals surface area contributed by atoms with E-state index < -0.39 is 0 Å². The van der Waals surface area contributed by atoms with E-state index in [0.29, 0.717) is 41.6 Å². The quantitative estimate of drug-likeness (QED) is 0.380. The van der Waals surface area contributed by atoms with Crippen LogP contribution in [0, 0.1) is 5.82 Å². The second-order valence-electron chi connectivity index (χ2n) is 8.66. The highest BCUT2D eigenvalue weighted by molar-refractivity contribution is 5.56. The lowest BCUT2D eigenvalue weighted by Gasteiger charge is -2.17. The third-order valence-electron chi connectivity index (χ3n) is 6.30. The lowest BCUT2D eigenvalue weighted by Crippen LogP contribution is -2.06. The van der Waals surface area contributed by atoms with Gasteiger partial charge in [-0.25, -0.2) is 4.39 Å². The Balaban J connectivity index is 1.21. The summed E-state index contributed by atoms with van der Waals surface area (Å²) in [5.41, 5.74) is 3.67. The summed E-state index contributed by atoms with van der Waals surface area (Å²) in [7, 11) is 1.73. The Morgan fingerprint density at radius 3 is 2.36 bits per heavy atom. The number of tetrazole rings is 1. The van der Waals surface area contributed by atoms with Crippen LogP contribution in [-0.2, 0) is 13.5 Å². The van der Waals surface area contributed by atoms with Gasteiger partial charge in [-0.05, 0) is 90.9 Å². The summed E-state index contributed by atoms with van der Waals surface area (Å²) in [5.74, 6) is 3.10. The Labute approximate surface area is 191 Å². The van der Waals surface area contributed by atoms with Crippen molar-refractivity contribution in [3.05, 3.63) is 83.2 Å². The molecule has 4 aromatic rings. The van der Waals surface area contributed by atoms with Crippen LogP contribution in [0.4, 0.5) is 4.39 Å². The van der Waals surface area contributed by atoms with Crippen molar-refractivity contribution in [2.75, 3.05) is 0 Å². The minimum Gasteiger partial charge on any atom is -0.486 e. The standard InChI is InChI=1S/C26H23FN4O2/c1-31-29-26(28-30-31)18-6-10-19(11-7-18)32-23-15-13-22(27)25-21(23)12-14-24(25)33-20-8-4-17(5-9-20)16-2-3-16/h4-11,13,15-16,24H,2-3,12,14H2,1H3. The first-order valence-corrected chi connectivity index (χ1v) is 11.2. The molecule has 6 nitrogen and oxygen atoms in total. The average molecular weight is 442 g/mol. The van der Waals surface area contributed by atoms with Crippen LogP contribution in [-0.4, -0.2) is 20.2 Å². The fraction of sp³-hybridized carbons (Fsp3) is 0.269. The number of ether oxygens (including phenoxy) is 2. The summed E-state index contributed by atoms with van der Waals surface area (Å²) >= 11 is 0. The Hall–Kier alpha value is -3.74.